The number of amides is 1. The Hall–Kier alpha value is -1.55. The van der Waals surface area contributed by atoms with E-state index in [1.165, 1.54) is 25.7 Å². The van der Waals surface area contributed by atoms with Crippen LogP contribution in [0.4, 0.5) is 5.69 Å². The third-order valence-electron chi connectivity index (χ3n) is 4.13. The number of carbonyl (C=O) groups is 1. The summed E-state index contributed by atoms with van der Waals surface area (Å²) < 4.78 is 0. The van der Waals surface area contributed by atoms with Crippen molar-refractivity contribution in [1.82, 2.24) is 5.32 Å². The van der Waals surface area contributed by atoms with Crippen LogP contribution in [0.25, 0.3) is 0 Å². The van der Waals surface area contributed by atoms with Gasteiger partial charge in [0.05, 0.1) is 0 Å². The summed E-state index contributed by atoms with van der Waals surface area (Å²) in [5.74, 6) is 0.539. The molecule has 0 radical (unpaired) electrons. The second-order valence-electron chi connectivity index (χ2n) is 6.24. The van der Waals surface area contributed by atoms with Gasteiger partial charge in [0.25, 0.3) is 5.91 Å². The Morgan fingerprint density at radius 2 is 1.90 bits per heavy atom. The first-order valence-electron chi connectivity index (χ1n) is 7.97. The highest BCUT2D eigenvalue weighted by Gasteiger charge is 2.23. The summed E-state index contributed by atoms with van der Waals surface area (Å²) in [6.45, 7) is 4.67. The maximum absolute atomic E-state index is 11.9. The molecule has 0 bridgehead atoms. The van der Waals surface area contributed by atoms with Crippen LogP contribution in [0.3, 0.4) is 0 Å². The van der Waals surface area contributed by atoms with Gasteiger partial charge in [0, 0.05) is 23.3 Å². The fourth-order valence-electron chi connectivity index (χ4n) is 2.96. The molecule has 2 atom stereocenters. The predicted molar refractivity (Wildman–Crippen MR) is 87.5 cm³/mol. The minimum atomic E-state index is -0.0194. The molecule has 4 nitrogen and oxygen atoms in total. The minimum Gasteiger partial charge on any atom is -0.382 e. The van der Waals surface area contributed by atoms with E-state index in [1.807, 2.05) is 38.1 Å². The smallest absolute Gasteiger partial charge is 0.251 e. The van der Waals surface area contributed by atoms with Gasteiger partial charge in [-0.2, -0.15) is 0 Å². The Labute approximate surface area is 127 Å². The number of anilines is 1. The van der Waals surface area contributed by atoms with Gasteiger partial charge < -0.3 is 16.4 Å². The van der Waals surface area contributed by atoms with Gasteiger partial charge in [0.1, 0.15) is 0 Å². The van der Waals surface area contributed by atoms with Crippen molar-refractivity contribution in [3.63, 3.8) is 0 Å². The molecular formula is C17H27N3O. The molecule has 2 rings (SSSR count). The Morgan fingerprint density at radius 1 is 1.24 bits per heavy atom. The number of nitrogens with two attached hydrogens (primary N) is 1. The van der Waals surface area contributed by atoms with Gasteiger partial charge >= 0.3 is 0 Å². The third-order valence-corrected chi connectivity index (χ3v) is 4.13. The Kier molecular flexibility index (Phi) is 5.62. The first-order chi connectivity index (χ1) is 10.1. The quantitative estimate of drug-likeness (QED) is 0.781. The molecule has 4 N–H and O–H groups in total. The number of hydrogen-bond donors (Lipinski definition) is 3. The monoisotopic (exact) mass is 289 g/mol. The van der Waals surface area contributed by atoms with Gasteiger partial charge in [-0.15, -0.1) is 0 Å². The van der Waals surface area contributed by atoms with E-state index in [1.54, 1.807) is 0 Å². The molecule has 1 aliphatic rings. The van der Waals surface area contributed by atoms with Gasteiger partial charge in [0.2, 0.25) is 0 Å². The number of carbonyl (C=O) groups excluding carboxylic acids is 1. The van der Waals surface area contributed by atoms with E-state index in [9.17, 15) is 4.79 Å². The van der Waals surface area contributed by atoms with Crippen molar-refractivity contribution in [3.8, 4) is 0 Å². The lowest BCUT2D eigenvalue weighted by molar-refractivity contribution is 0.0943. The molecule has 1 saturated carbocycles. The largest absolute Gasteiger partial charge is 0.382 e. The summed E-state index contributed by atoms with van der Waals surface area (Å²) in [7, 11) is 0. The molecule has 0 heterocycles. The van der Waals surface area contributed by atoms with Crippen LogP contribution in [-0.2, 0) is 0 Å². The molecule has 1 amide bonds. The second kappa shape index (κ2) is 7.46. The Balaban J connectivity index is 1.97. The van der Waals surface area contributed by atoms with Crippen LogP contribution in [0, 0.1) is 5.92 Å². The van der Waals surface area contributed by atoms with E-state index in [4.69, 9.17) is 5.73 Å². The highest BCUT2D eigenvalue weighted by molar-refractivity contribution is 5.94. The SMILES string of the molecule is CC(C)NC(=O)c1ccc(NC2CCCCC2CN)cc1. The predicted octanol–water partition coefficient (Wildman–Crippen LogP) is 2.75. The van der Waals surface area contributed by atoms with Crippen LogP contribution >= 0.6 is 0 Å². The van der Waals surface area contributed by atoms with Crippen molar-refractivity contribution in [3.05, 3.63) is 29.8 Å². The van der Waals surface area contributed by atoms with Crippen molar-refractivity contribution in [2.75, 3.05) is 11.9 Å². The molecule has 0 aliphatic heterocycles. The van der Waals surface area contributed by atoms with E-state index in [0.29, 0.717) is 17.5 Å². The molecule has 0 saturated heterocycles. The van der Waals surface area contributed by atoms with Crippen molar-refractivity contribution in [2.45, 2.75) is 51.6 Å². The van der Waals surface area contributed by atoms with Gasteiger partial charge in [-0.05, 0) is 63.4 Å². The summed E-state index contributed by atoms with van der Waals surface area (Å²) >= 11 is 0. The molecule has 1 fully saturated rings. The zero-order chi connectivity index (χ0) is 15.2. The molecular weight excluding hydrogens is 262 g/mol. The lowest BCUT2D eigenvalue weighted by atomic mass is 9.84. The summed E-state index contributed by atoms with van der Waals surface area (Å²) in [4.78, 5) is 11.9. The summed E-state index contributed by atoms with van der Waals surface area (Å²) in [6.07, 6.45) is 4.94. The topological polar surface area (TPSA) is 67.2 Å². The highest BCUT2D eigenvalue weighted by atomic mass is 16.1. The lowest BCUT2D eigenvalue weighted by Gasteiger charge is -2.32. The van der Waals surface area contributed by atoms with Crippen LogP contribution in [0.15, 0.2) is 24.3 Å². The van der Waals surface area contributed by atoms with Gasteiger partial charge in [-0.3, -0.25) is 4.79 Å². The Bertz CT molecular complexity index is 456. The summed E-state index contributed by atoms with van der Waals surface area (Å²) in [5.41, 5.74) is 7.64. The molecule has 1 aromatic rings. The molecule has 0 aromatic heterocycles. The summed E-state index contributed by atoms with van der Waals surface area (Å²) in [5, 5.41) is 6.48. The maximum atomic E-state index is 11.9. The van der Waals surface area contributed by atoms with Crippen molar-refractivity contribution in [1.29, 1.82) is 0 Å². The van der Waals surface area contributed by atoms with E-state index in [0.717, 1.165) is 12.2 Å². The van der Waals surface area contributed by atoms with Crippen LogP contribution in [0.5, 0.6) is 0 Å². The lowest BCUT2D eigenvalue weighted by Crippen LogP contribution is -2.36. The second-order valence-corrected chi connectivity index (χ2v) is 6.24. The number of nitrogens with one attached hydrogen (secondary N) is 2. The van der Waals surface area contributed by atoms with Gasteiger partial charge in [-0.25, -0.2) is 0 Å². The molecule has 4 heteroatoms. The number of rotatable bonds is 5. The average Bonchev–Trinajstić information content (AvgIpc) is 2.48. The van der Waals surface area contributed by atoms with E-state index >= 15 is 0 Å². The van der Waals surface area contributed by atoms with Crippen LogP contribution < -0.4 is 16.4 Å². The maximum Gasteiger partial charge on any atom is 0.251 e. The first-order valence-corrected chi connectivity index (χ1v) is 7.97. The minimum absolute atomic E-state index is 0.0194. The van der Waals surface area contributed by atoms with E-state index in [2.05, 4.69) is 10.6 Å². The van der Waals surface area contributed by atoms with Crippen molar-refractivity contribution in [2.24, 2.45) is 11.7 Å². The fraction of sp³-hybridized carbons (Fsp3) is 0.588. The summed E-state index contributed by atoms with van der Waals surface area (Å²) in [6, 6.07) is 8.33. The van der Waals surface area contributed by atoms with E-state index in [-0.39, 0.29) is 11.9 Å². The molecule has 0 spiro atoms. The van der Waals surface area contributed by atoms with E-state index < -0.39 is 0 Å². The zero-order valence-electron chi connectivity index (χ0n) is 13.1. The first kappa shape index (κ1) is 15.8. The molecule has 1 aromatic carbocycles. The number of hydrogen-bond acceptors (Lipinski definition) is 3. The fourth-order valence-corrected chi connectivity index (χ4v) is 2.96. The highest BCUT2D eigenvalue weighted by Crippen LogP contribution is 2.26. The number of benzene rings is 1. The molecule has 21 heavy (non-hydrogen) atoms. The molecule has 1 aliphatic carbocycles. The third kappa shape index (κ3) is 4.46. The van der Waals surface area contributed by atoms with Crippen LogP contribution in [0.2, 0.25) is 0 Å². The van der Waals surface area contributed by atoms with Gasteiger partial charge in [-0.1, -0.05) is 12.8 Å². The Morgan fingerprint density at radius 3 is 2.52 bits per heavy atom. The molecule has 2 unspecified atom stereocenters. The van der Waals surface area contributed by atoms with Crippen LogP contribution in [-0.4, -0.2) is 24.5 Å². The standard InChI is InChI=1S/C17H27N3O/c1-12(2)19-17(21)13-7-9-15(10-8-13)20-16-6-4-3-5-14(16)11-18/h7-10,12,14,16,20H,3-6,11,18H2,1-2H3,(H,19,21). The average molecular weight is 289 g/mol. The van der Waals surface area contributed by atoms with Crippen molar-refractivity contribution < 1.29 is 4.79 Å². The van der Waals surface area contributed by atoms with Gasteiger partial charge in [0.15, 0.2) is 0 Å². The van der Waals surface area contributed by atoms with Crippen molar-refractivity contribution >= 4 is 11.6 Å². The van der Waals surface area contributed by atoms with Crippen LogP contribution in [0.1, 0.15) is 49.9 Å². The normalized spacial score (nSPS) is 22.1. The molecule has 116 valence electrons. The zero-order valence-corrected chi connectivity index (χ0v) is 13.1.